The second kappa shape index (κ2) is 5.07. The van der Waals surface area contributed by atoms with Gasteiger partial charge in [-0.1, -0.05) is 31.0 Å². The highest BCUT2D eigenvalue weighted by atomic mass is 16.3. The number of benzene rings is 1. The molecule has 1 aromatic carbocycles. The third-order valence-corrected chi connectivity index (χ3v) is 4.05. The minimum absolute atomic E-state index is 0.135. The largest absolute Gasteiger partial charge is 0.393 e. The predicted molar refractivity (Wildman–Crippen MR) is 73.6 cm³/mol. The van der Waals surface area contributed by atoms with Crippen molar-refractivity contribution in [3.63, 3.8) is 0 Å². The van der Waals surface area contributed by atoms with E-state index >= 15 is 0 Å². The van der Waals surface area contributed by atoms with Gasteiger partial charge in [0.05, 0.1) is 6.10 Å². The van der Waals surface area contributed by atoms with Crippen LogP contribution in [-0.2, 0) is 0 Å². The fraction of sp³-hybridized carbons (Fsp3) is 0.438. The van der Waals surface area contributed by atoms with Crippen LogP contribution in [-0.4, -0.2) is 16.2 Å². The van der Waals surface area contributed by atoms with Crippen LogP contribution in [0.3, 0.4) is 0 Å². The van der Waals surface area contributed by atoms with Crippen molar-refractivity contribution < 1.29 is 5.11 Å². The first-order chi connectivity index (χ1) is 8.84. The maximum atomic E-state index is 9.98. The molecule has 0 bridgehead atoms. The minimum atomic E-state index is -0.135. The maximum absolute atomic E-state index is 9.98. The van der Waals surface area contributed by atoms with Gasteiger partial charge < -0.3 is 5.11 Å². The average molecular weight is 241 g/mol. The lowest BCUT2D eigenvalue weighted by Crippen LogP contribution is -2.09. The second-order valence-electron chi connectivity index (χ2n) is 5.31. The van der Waals surface area contributed by atoms with Gasteiger partial charge in [0.2, 0.25) is 0 Å². The van der Waals surface area contributed by atoms with Crippen LogP contribution in [0.5, 0.6) is 0 Å². The summed E-state index contributed by atoms with van der Waals surface area (Å²) in [6.07, 6.45) is 9.08. The van der Waals surface area contributed by atoms with Gasteiger partial charge in [0.1, 0.15) is 0 Å². The van der Waals surface area contributed by atoms with Crippen molar-refractivity contribution in [3.8, 4) is 0 Å². The van der Waals surface area contributed by atoms with Crippen LogP contribution in [0, 0.1) is 0 Å². The molecule has 2 atom stereocenters. The SMILES string of the molecule is OC1CCCCC(c2cccc3ccncc23)C1. The zero-order valence-corrected chi connectivity index (χ0v) is 10.5. The molecule has 1 aliphatic carbocycles. The highest BCUT2D eigenvalue weighted by Crippen LogP contribution is 2.35. The summed E-state index contributed by atoms with van der Waals surface area (Å²) in [5.41, 5.74) is 1.36. The molecule has 0 radical (unpaired) electrons. The van der Waals surface area contributed by atoms with Crippen molar-refractivity contribution in [2.24, 2.45) is 0 Å². The normalized spacial score (nSPS) is 24.9. The Bertz CT molecular complexity index is 532. The molecule has 94 valence electrons. The molecule has 2 nitrogen and oxygen atoms in total. The van der Waals surface area contributed by atoms with Gasteiger partial charge in [-0.3, -0.25) is 4.98 Å². The van der Waals surface area contributed by atoms with Crippen molar-refractivity contribution in [2.75, 3.05) is 0 Å². The van der Waals surface area contributed by atoms with E-state index in [-0.39, 0.29) is 6.10 Å². The van der Waals surface area contributed by atoms with Gasteiger partial charge in [0, 0.05) is 17.8 Å². The Kier molecular flexibility index (Phi) is 3.28. The summed E-state index contributed by atoms with van der Waals surface area (Å²) in [7, 11) is 0. The van der Waals surface area contributed by atoms with E-state index in [2.05, 4.69) is 29.2 Å². The van der Waals surface area contributed by atoms with E-state index in [9.17, 15) is 5.11 Å². The number of hydrogen-bond acceptors (Lipinski definition) is 2. The highest BCUT2D eigenvalue weighted by molar-refractivity contribution is 5.85. The average Bonchev–Trinajstić information content (AvgIpc) is 2.63. The van der Waals surface area contributed by atoms with Crippen molar-refractivity contribution in [1.29, 1.82) is 0 Å². The van der Waals surface area contributed by atoms with Gasteiger partial charge in [-0.2, -0.15) is 0 Å². The lowest BCUT2D eigenvalue weighted by Gasteiger charge is -2.18. The number of aromatic nitrogens is 1. The second-order valence-corrected chi connectivity index (χ2v) is 5.31. The van der Waals surface area contributed by atoms with E-state index in [4.69, 9.17) is 0 Å². The van der Waals surface area contributed by atoms with Gasteiger partial charge in [-0.15, -0.1) is 0 Å². The van der Waals surface area contributed by atoms with Crippen LogP contribution in [0.15, 0.2) is 36.7 Å². The minimum Gasteiger partial charge on any atom is -0.393 e. The van der Waals surface area contributed by atoms with Gasteiger partial charge in [0.15, 0.2) is 0 Å². The molecule has 1 aromatic heterocycles. The number of aliphatic hydroxyl groups is 1. The molecule has 2 heteroatoms. The topological polar surface area (TPSA) is 33.1 Å². The number of aliphatic hydroxyl groups excluding tert-OH is 1. The summed E-state index contributed by atoms with van der Waals surface area (Å²) < 4.78 is 0. The summed E-state index contributed by atoms with van der Waals surface area (Å²) in [4.78, 5) is 4.25. The van der Waals surface area contributed by atoms with E-state index in [0.717, 1.165) is 19.3 Å². The van der Waals surface area contributed by atoms with Crippen LogP contribution in [0.25, 0.3) is 10.8 Å². The monoisotopic (exact) mass is 241 g/mol. The summed E-state index contributed by atoms with van der Waals surface area (Å²) >= 11 is 0. The molecule has 18 heavy (non-hydrogen) atoms. The van der Waals surface area contributed by atoms with Gasteiger partial charge in [-0.25, -0.2) is 0 Å². The zero-order valence-electron chi connectivity index (χ0n) is 10.5. The molecule has 3 rings (SSSR count). The number of fused-ring (bicyclic) bond motifs is 1. The van der Waals surface area contributed by atoms with Crippen molar-refractivity contribution in [2.45, 2.75) is 44.1 Å². The third-order valence-electron chi connectivity index (χ3n) is 4.05. The van der Waals surface area contributed by atoms with E-state index in [1.54, 1.807) is 0 Å². The van der Waals surface area contributed by atoms with E-state index in [1.807, 2.05) is 12.4 Å². The van der Waals surface area contributed by atoms with Crippen molar-refractivity contribution >= 4 is 10.8 Å². The molecule has 1 aliphatic rings. The molecule has 0 spiro atoms. The maximum Gasteiger partial charge on any atom is 0.0546 e. The summed E-state index contributed by atoms with van der Waals surface area (Å²) in [6.45, 7) is 0. The summed E-state index contributed by atoms with van der Waals surface area (Å²) in [5, 5.41) is 12.5. The molecule has 2 unspecified atom stereocenters. The quantitative estimate of drug-likeness (QED) is 0.773. The molecule has 0 amide bonds. The third kappa shape index (κ3) is 2.25. The summed E-state index contributed by atoms with van der Waals surface area (Å²) in [6, 6.07) is 8.52. The van der Waals surface area contributed by atoms with E-state index in [0.29, 0.717) is 5.92 Å². The van der Waals surface area contributed by atoms with E-state index < -0.39 is 0 Å². The first kappa shape index (κ1) is 11.7. The van der Waals surface area contributed by atoms with Crippen molar-refractivity contribution in [3.05, 3.63) is 42.2 Å². The lowest BCUT2D eigenvalue weighted by molar-refractivity contribution is 0.152. The number of hydrogen-bond donors (Lipinski definition) is 1. The first-order valence-corrected chi connectivity index (χ1v) is 6.85. The van der Waals surface area contributed by atoms with Crippen LogP contribution in [0.2, 0.25) is 0 Å². The van der Waals surface area contributed by atoms with Crippen molar-refractivity contribution in [1.82, 2.24) is 4.98 Å². The van der Waals surface area contributed by atoms with Gasteiger partial charge in [-0.05, 0) is 42.2 Å². The molecular weight excluding hydrogens is 222 g/mol. The van der Waals surface area contributed by atoms with Crippen LogP contribution in [0.1, 0.15) is 43.6 Å². The zero-order chi connectivity index (χ0) is 12.4. The smallest absolute Gasteiger partial charge is 0.0546 e. The number of pyridine rings is 1. The van der Waals surface area contributed by atoms with Gasteiger partial charge >= 0.3 is 0 Å². The Morgan fingerprint density at radius 1 is 1.11 bits per heavy atom. The Morgan fingerprint density at radius 2 is 2.00 bits per heavy atom. The molecule has 0 aliphatic heterocycles. The molecule has 2 aromatic rings. The van der Waals surface area contributed by atoms with Crippen LogP contribution >= 0.6 is 0 Å². The fourth-order valence-electron chi connectivity index (χ4n) is 3.11. The molecule has 0 saturated heterocycles. The van der Waals surface area contributed by atoms with Gasteiger partial charge in [0.25, 0.3) is 0 Å². The van der Waals surface area contributed by atoms with E-state index in [1.165, 1.54) is 29.2 Å². The first-order valence-electron chi connectivity index (χ1n) is 6.85. The Morgan fingerprint density at radius 3 is 2.94 bits per heavy atom. The molecule has 1 heterocycles. The number of rotatable bonds is 1. The standard InChI is InChI=1S/C16H19NO/c18-14-6-2-1-4-13(10-14)15-7-3-5-12-8-9-17-11-16(12)15/h3,5,7-9,11,13-14,18H,1-2,4,6,10H2. The highest BCUT2D eigenvalue weighted by Gasteiger charge is 2.21. The Labute approximate surface area is 108 Å². The summed E-state index contributed by atoms with van der Waals surface area (Å²) in [5.74, 6) is 0.482. The lowest BCUT2D eigenvalue weighted by atomic mass is 9.88. The van der Waals surface area contributed by atoms with Crippen LogP contribution < -0.4 is 0 Å². The van der Waals surface area contributed by atoms with Crippen LogP contribution in [0.4, 0.5) is 0 Å². The molecule has 1 saturated carbocycles. The number of nitrogens with zero attached hydrogens (tertiary/aromatic N) is 1. The molecule has 1 N–H and O–H groups in total. The molecule has 1 fully saturated rings. The molecular formula is C16H19NO. The Hall–Kier alpha value is -1.41. The fourth-order valence-corrected chi connectivity index (χ4v) is 3.11. The predicted octanol–water partition coefficient (Wildman–Crippen LogP) is 3.64. The Balaban J connectivity index is 2.02.